The van der Waals surface area contributed by atoms with Crippen molar-refractivity contribution in [3.8, 4) is 0 Å². The van der Waals surface area contributed by atoms with Crippen LogP contribution in [0.2, 0.25) is 0 Å². The van der Waals surface area contributed by atoms with Crippen LogP contribution in [0.15, 0.2) is 71.8 Å². The number of ketones is 1. The topological polar surface area (TPSA) is 37.4 Å². The SMILES string of the molecule is O=CN1CC(=C(F)c2ccccc2)C(=O)C(=C(F)c2ccccc2)C1. The summed E-state index contributed by atoms with van der Waals surface area (Å²) in [6.45, 7) is -0.372. The van der Waals surface area contributed by atoms with E-state index in [-0.39, 0.29) is 35.4 Å². The molecule has 0 bridgehead atoms. The van der Waals surface area contributed by atoms with E-state index in [2.05, 4.69) is 0 Å². The largest absolute Gasteiger partial charge is 0.336 e. The van der Waals surface area contributed by atoms with E-state index in [1.807, 2.05) is 0 Å². The summed E-state index contributed by atoms with van der Waals surface area (Å²) in [5.74, 6) is -2.19. The molecule has 3 nitrogen and oxygen atoms in total. The van der Waals surface area contributed by atoms with Gasteiger partial charge in [0.15, 0.2) is 5.78 Å². The predicted molar refractivity (Wildman–Crippen MR) is 91.6 cm³/mol. The van der Waals surface area contributed by atoms with Gasteiger partial charge in [0, 0.05) is 11.1 Å². The Labute approximate surface area is 143 Å². The molecule has 1 fully saturated rings. The Morgan fingerprint density at radius 2 is 1.20 bits per heavy atom. The van der Waals surface area contributed by atoms with Crippen molar-refractivity contribution in [1.82, 2.24) is 4.90 Å². The molecule has 25 heavy (non-hydrogen) atoms. The molecule has 0 atom stereocenters. The molecule has 0 spiro atoms. The summed E-state index contributed by atoms with van der Waals surface area (Å²) < 4.78 is 29.6. The third kappa shape index (κ3) is 3.40. The number of rotatable bonds is 3. The van der Waals surface area contributed by atoms with Crippen LogP contribution >= 0.6 is 0 Å². The van der Waals surface area contributed by atoms with Crippen LogP contribution in [0.5, 0.6) is 0 Å². The smallest absolute Gasteiger partial charge is 0.210 e. The minimum Gasteiger partial charge on any atom is -0.336 e. The van der Waals surface area contributed by atoms with Gasteiger partial charge in [-0.05, 0) is 0 Å². The van der Waals surface area contributed by atoms with Crippen molar-refractivity contribution in [2.24, 2.45) is 0 Å². The normalized spacial score (nSPS) is 18.8. The summed E-state index contributed by atoms with van der Waals surface area (Å²) in [5, 5.41) is 0. The number of carbonyl (C=O) groups is 2. The van der Waals surface area contributed by atoms with E-state index in [1.165, 1.54) is 29.2 Å². The van der Waals surface area contributed by atoms with E-state index in [1.54, 1.807) is 36.4 Å². The highest BCUT2D eigenvalue weighted by atomic mass is 19.1. The number of Topliss-reactive ketones (excluding diaryl/α,β-unsaturated/α-hetero) is 1. The first-order chi connectivity index (χ1) is 12.1. The Hall–Kier alpha value is -3.08. The predicted octanol–water partition coefficient (Wildman–Crippen LogP) is 3.79. The lowest BCUT2D eigenvalue weighted by molar-refractivity contribution is -0.119. The fourth-order valence-corrected chi connectivity index (χ4v) is 2.72. The van der Waals surface area contributed by atoms with E-state index in [4.69, 9.17) is 0 Å². The highest BCUT2D eigenvalue weighted by molar-refractivity contribution is 6.16. The van der Waals surface area contributed by atoms with Crippen molar-refractivity contribution in [1.29, 1.82) is 0 Å². The molecule has 1 heterocycles. The molecule has 126 valence electrons. The van der Waals surface area contributed by atoms with Gasteiger partial charge in [-0.1, -0.05) is 60.7 Å². The zero-order valence-corrected chi connectivity index (χ0v) is 13.3. The first-order valence-corrected chi connectivity index (χ1v) is 7.74. The maximum absolute atomic E-state index is 14.8. The van der Waals surface area contributed by atoms with E-state index < -0.39 is 17.4 Å². The average Bonchev–Trinajstić information content (AvgIpc) is 2.68. The number of piperidine rings is 1. The second-order valence-electron chi connectivity index (χ2n) is 5.66. The minimum atomic E-state index is -0.740. The number of amides is 1. The van der Waals surface area contributed by atoms with E-state index >= 15 is 0 Å². The Bertz CT molecular complexity index is 790. The monoisotopic (exact) mass is 339 g/mol. The summed E-state index contributed by atoms with van der Waals surface area (Å²) in [6.07, 6.45) is 0.489. The molecule has 1 aliphatic heterocycles. The molecule has 1 saturated heterocycles. The number of hydrogen-bond acceptors (Lipinski definition) is 2. The average molecular weight is 339 g/mol. The highest BCUT2D eigenvalue weighted by Gasteiger charge is 2.31. The first-order valence-electron chi connectivity index (χ1n) is 7.74. The molecule has 5 heteroatoms. The fraction of sp³-hybridized carbons (Fsp3) is 0.100. The number of hydrogen-bond donors (Lipinski definition) is 0. The molecule has 3 rings (SSSR count). The first kappa shape index (κ1) is 16.8. The van der Waals surface area contributed by atoms with Gasteiger partial charge in [0.25, 0.3) is 0 Å². The van der Waals surface area contributed by atoms with Gasteiger partial charge in [-0.25, -0.2) is 8.78 Å². The quantitative estimate of drug-likeness (QED) is 0.630. The summed E-state index contributed by atoms with van der Waals surface area (Å²) in [6, 6.07) is 16.1. The van der Waals surface area contributed by atoms with Crippen molar-refractivity contribution >= 4 is 23.8 Å². The molecule has 2 aromatic carbocycles. The van der Waals surface area contributed by atoms with E-state index in [0.717, 1.165) is 0 Å². The van der Waals surface area contributed by atoms with Gasteiger partial charge in [0.1, 0.15) is 11.7 Å². The van der Waals surface area contributed by atoms with Gasteiger partial charge in [0.2, 0.25) is 6.41 Å². The second kappa shape index (κ2) is 7.21. The number of benzene rings is 2. The van der Waals surface area contributed by atoms with Crippen molar-refractivity contribution in [2.45, 2.75) is 0 Å². The molecule has 0 unspecified atom stereocenters. The second-order valence-corrected chi connectivity index (χ2v) is 5.66. The van der Waals surface area contributed by atoms with Crippen molar-refractivity contribution < 1.29 is 18.4 Å². The molecular formula is C20H15F2NO2. The fourth-order valence-electron chi connectivity index (χ4n) is 2.72. The minimum absolute atomic E-state index is 0.186. The molecule has 1 aliphatic rings. The number of carbonyl (C=O) groups excluding carboxylic acids is 2. The third-order valence-corrected chi connectivity index (χ3v) is 4.00. The van der Waals surface area contributed by atoms with Crippen molar-refractivity contribution in [2.75, 3.05) is 13.1 Å². The van der Waals surface area contributed by atoms with Gasteiger partial charge in [-0.2, -0.15) is 0 Å². The Morgan fingerprint density at radius 1 is 0.800 bits per heavy atom. The maximum Gasteiger partial charge on any atom is 0.210 e. The van der Waals surface area contributed by atoms with Crippen LogP contribution in [-0.4, -0.2) is 30.2 Å². The van der Waals surface area contributed by atoms with Crippen molar-refractivity contribution in [3.63, 3.8) is 0 Å². The zero-order chi connectivity index (χ0) is 17.8. The molecular weight excluding hydrogens is 324 g/mol. The zero-order valence-electron chi connectivity index (χ0n) is 13.3. The Morgan fingerprint density at radius 3 is 1.56 bits per heavy atom. The lowest BCUT2D eigenvalue weighted by atomic mass is 9.93. The third-order valence-electron chi connectivity index (χ3n) is 4.00. The molecule has 0 aromatic heterocycles. The molecule has 0 saturated carbocycles. The van der Waals surface area contributed by atoms with Crippen LogP contribution in [0.4, 0.5) is 8.78 Å². The summed E-state index contributed by atoms with van der Waals surface area (Å²) in [7, 11) is 0. The van der Waals surface area contributed by atoms with Crippen LogP contribution in [0.1, 0.15) is 11.1 Å². The van der Waals surface area contributed by atoms with E-state index in [9.17, 15) is 18.4 Å². The maximum atomic E-state index is 14.8. The van der Waals surface area contributed by atoms with Crippen LogP contribution in [0, 0.1) is 0 Å². The molecule has 0 N–H and O–H groups in total. The summed E-state index contributed by atoms with van der Waals surface area (Å²) >= 11 is 0. The molecule has 0 radical (unpaired) electrons. The molecule has 0 aliphatic carbocycles. The lowest BCUT2D eigenvalue weighted by Crippen LogP contribution is -2.37. The van der Waals surface area contributed by atoms with Crippen LogP contribution in [-0.2, 0) is 9.59 Å². The lowest BCUT2D eigenvalue weighted by Gasteiger charge is -2.27. The number of halogens is 2. The van der Waals surface area contributed by atoms with Gasteiger partial charge in [-0.3, -0.25) is 9.59 Å². The standard InChI is InChI=1S/C20H15F2NO2/c21-18(14-7-3-1-4-8-14)16-11-23(13-24)12-17(20(16)25)19(22)15-9-5-2-6-10-15/h1-10,13H,11-12H2. The Balaban J connectivity index is 2.10. The van der Waals surface area contributed by atoms with Crippen LogP contribution in [0.3, 0.4) is 0 Å². The van der Waals surface area contributed by atoms with Gasteiger partial charge >= 0.3 is 0 Å². The summed E-state index contributed by atoms with van der Waals surface area (Å²) in [5.41, 5.74) is 0.00685. The van der Waals surface area contributed by atoms with Gasteiger partial charge in [-0.15, -0.1) is 0 Å². The van der Waals surface area contributed by atoms with E-state index in [0.29, 0.717) is 6.41 Å². The Kier molecular flexibility index (Phi) is 4.84. The molecule has 1 amide bonds. The van der Waals surface area contributed by atoms with Crippen molar-refractivity contribution in [3.05, 3.63) is 82.9 Å². The highest BCUT2D eigenvalue weighted by Crippen LogP contribution is 2.31. The van der Waals surface area contributed by atoms with Crippen LogP contribution in [0.25, 0.3) is 11.7 Å². The van der Waals surface area contributed by atoms with Crippen LogP contribution < -0.4 is 0 Å². The summed E-state index contributed by atoms with van der Waals surface area (Å²) in [4.78, 5) is 25.1. The molecule has 2 aromatic rings. The van der Waals surface area contributed by atoms with Gasteiger partial charge in [0.05, 0.1) is 24.2 Å². The van der Waals surface area contributed by atoms with Gasteiger partial charge < -0.3 is 4.90 Å². The number of nitrogens with zero attached hydrogens (tertiary/aromatic N) is 1. The number of likely N-dealkylation sites (tertiary alicyclic amines) is 1.